The number of nitrogens with two attached hydrogens (primary N) is 1. The molecule has 0 saturated heterocycles. The topological polar surface area (TPSA) is 52.3 Å². The van der Waals surface area contributed by atoms with Crippen LogP contribution in [0.25, 0.3) is 33.8 Å². The van der Waals surface area contributed by atoms with Gasteiger partial charge in [0, 0.05) is 11.1 Å². The second-order valence-corrected chi connectivity index (χ2v) is 6.17. The van der Waals surface area contributed by atoms with Crippen LogP contribution in [0.2, 0.25) is 0 Å². The van der Waals surface area contributed by atoms with Gasteiger partial charge in [0.2, 0.25) is 0 Å². The Morgan fingerprint density at radius 1 is 0.640 bits per heavy atom. The van der Waals surface area contributed by atoms with Crippen molar-refractivity contribution < 1.29 is 8.83 Å². The number of hydrogen-bond acceptors (Lipinski definition) is 3. The highest BCUT2D eigenvalue weighted by Gasteiger charge is 2.16. The lowest BCUT2D eigenvalue weighted by Gasteiger charge is -2.12. The molecule has 0 aliphatic carbocycles. The van der Waals surface area contributed by atoms with Crippen molar-refractivity contribution in [3.63, 3.8) is 0 Å². The molecular formula is C22H19NO2. The summed E-state index contributed by atoms with van der Waals surface area (Å²) in [6, 6.07) is 22.2. The number of furan rings is 2. The molecule has 4 rings (SSSR count). The van der Waals surface area contributed by atoms with E-state index in [2.05, 4.69) is 24.3 Å². The lowest BCUT2D eigenvalue weighted by Crippen LogP contribution is -1.95. The van der Waals surface area contributed by atoms with E-state index in [1.54, 1.807) is 0 Å². The number of nitrogen functional groups attached to an aromatic ring is 1. The van der Waals surface area contributed by atoms with Gasteiger partial charge >= 0.3 is 0 Å². The van der Waals surface area contributed by atoms with Crippen molar-refractivity contribution in [3.8, 4) is 33.8 Å². The van der Waals surface area contributed by atoms with Gasteiger partial charge in [-0.05, 0) is 61.4 Å². The molecule has 0 aliphatic rings. The average Bonchev–Trinajstić information content (AvgIpc) is 3.24. The summed E-state index contributed by atoms with van der Waals surface area (Å²) in [5, 5.41) is 0. The van der Waals surface area contributed by atoms with E-state index in [1.165, 1.54) is 0 Å². The molecule has 2 heterocycles. The zero-order valence-electron chi connectivity index (χ0n) is 14.2. The molecule has 0 amide bonds. The van der Waals surface area contributed by atoms with Crippen LogP contribution in [0.3, 0.4) is 0 Å². The molecule has 0 saturated carbocycles. The summed E-state index contributed by atoms with van der Waals surface area (Å²) < 4.78 is 11.7. The zero-order chi connectivity index (χ0) is 17.4. The highest BCUT2D eigenvalue weighted by atomic mass is 16.3. The van der Waals surface area contributed by atoms with Crippen molar-refractivity contribution >= 4 is 5.69 Å². The van der Waals surface area contributed by atoms with Crippen LogP contribution in [0, 0.1) is 13.8 Å². The smallest absolute Gasteiger partial charge is 0.136 e. The minimum absolute atomic E-state index is 0.656. The van der Waals surface area contributed by atoms with Gasteiger partial charge in [-0.25, -0.2) is 0 Å². The van der Waals surface area contributed by atoms with Crippen LogP contribution >= 0.6 is 0 Å². The summed E-state index contributed by atoms with van der Waals surface area (Å²) in [4.78, 5) is 0. The van der Waals surface area contributed by atoms with Crippen molar-refractivity contribution in [1.29, 1.82) is 0 Å². The van der Waals surface area contributed by atoms with Gasteiger partial charge in [-0.15, -0.1) is 0 Å². The summed E-state index contributed by atoms with van der Waals surface area (Å²) in [7, 11) is 0. The summed E-state index contributed by atoms with van der Waals surface area (Å²) in [6.07, 6.45) is 0. The number of rotatable bonds is 3. The average molecular weight is 329 g/mol. The first-order valence-electron chi connectivity index (χ1n) is 8.24. The molecule has 2 aromatic carbocycles. The Hall–Kier alpha value is -3.20. The van der Waals surface area contributed by atoms with E-state index in [0.29, 0.717) is 5.69 Å². The fourth-order valence-corrected chi connectivity index (χ4v) is 3.02. The highest BCUT2D eigenvalue weighted by Crippen LogP contribution is 2.40. The predicted molar refractivity (Wildman–Crippen MR) is 101 cm³/mol. The standard InChI is InChI=1S/C22H19NO2/c1-14-8-10-20(24-14)18-12-17(16-6-4-3-5-7-16)13-19(22(18)23)21-11-9-15(2)25-21/h3-13H,23H2,1-2H3. The molecule has 0 aliphatic heterocycles. The summed E-state index contributed by atoms with van der Waals surface area (Å²) in [6.45, 7) is 3.86. The lowest BCUT2D eigenvalue weighted by molar-refractivity contribution is 0.547. The molecule has 2 aromatic heterocycles. The predicted octanol–water partition coefficient (Wildman–Crippen LogP) is 6.07. The van der Waals surface area contributed by atoms with Crippen LogP contribution < -0.4 is 5.73 Å². The molecule has 0 bridgehead atoms. The molecule has 0 atom stereocenters. The third-order valence-electron chi connectivity index (χ3n) is 4.30. The number of benzene rings is 2. The number of hydrogen-bond donors (Lipinski definition) is 1. The van der Waals surface area contributed by atoms with Gasteiger partial charge in [0.1, 0.15) is 23.0 Å². The van der Waals surface area contributed by atoms with E-state index in [-0.39, 0.29) is 0 Å². The minimum Gasteiger partial charge on any atom is -0.461 e. The molecule has 3 nitrogen and oxygen atoms in total. The van der Waals surface area contributed by atoms with Crippen LogP contribution in [0.1, 0.15) is 11.5 Å². The van der Waals surface area contributed by atoms with E-state index >= 15 is 0 Å². The highest BCUT2D eigenvalue weighted by molar-refractivity contribution is 5.90. The van der Waals surface area contributed by atoms with Crippen molar-refractivity contribution in [2.75, 3.05) is 5.73 Å². The Morgan fingerprint density at radius 2 is 1.16 bits per heavy atom. The first kappa shape index (κ1) is 15.3. The summed E-state index contributed by atoms with van der Waals surface area (Å²) in [5.41, 5.74) is 11.1. The maximum absolute atomic E-state index is 6.49. The van der Waals surface area contributed by atoms with Gasteiger partial charge in [0.25, 0.3) is 0 Å². The Labute approximate surface area is 146 Å². The van der Waals surface area contributed by atoms with E-state index in [4.69, 9.17) is 14.6 Å². The molecule has 4 aromatic rings. The largest absolute Gasteiger partial charge is 0.461 e. The third kappa shape index (κ3) is 2.85. The first-order valence-corrected chi connectivity index (χ1v) is 8.24. The lowest BCUT2D eigenvalue weighted by atomic mass is 9.95. The second kappa shape index (κ2) is 6.02. The fourth-order valence-electron chi connectivity index (χ4n) is 3.02. The van der Waals surface area contributed by atoms with Gasteiger partial charge in [0.05, 0.1) is 5.69 Å². The van der Waals surface area contributed by atoms with Crippen molar-refractivity contribution in [3.05, 3.63) is 78.3 Å². The van der Waals surface area contributed by atoms with Gasteiger partial charge in [-0.3, -0.25) is 0 Å². The number of aryl methyl sites for hydroxylation is 2. The molecule has 0 fully saturated rings. The zero-order valence-corrected chi connectivity index (χ0v) is 14.2. The SMILES string of the molecule is Cc1ccc(-c2cc(-c3ccccc3)cc(-c3ccc(C)o3)c2N)o1. The maximum atomic E-state index is 6.49. The van der Waals surface area contributed by atoms with Gasteiger partial charge in [-0.2, -0.15) is 0 Å². The summed E-state index contributed by atoms with van der Waals surface area (Å²) >= 11 is 0. The van der Waals surface area contributed by atoms with Gasteiger partial charge in [-0.1, -0.05) is 30.3 Å². The van der Waals surface area contributed by atoms with Gasteiger partial charge < -0.3 is 14.6 Å². The monoisotopic (exact) mass is 329 g/mol. The third-order valence-corrected chi connectivity index (χ3v) is 4.30. The van der Waals surface area contributed by atoms with Crippen LogP contribution in [-0.4, -0.2) is 0 Å². The maximum Gasteiger partial charge on any atom is 0.136 e. The Balaban J connectivity index is 1.97. The first-order chi connectivity index (χ1) is 12.1. The molecule has 124 valence electrons. The minimum atomic E-state index is 0.656. The van der Waals surface area contributed by atoms with Crippen LogP contribution in [0.5, 0.6) is 0 Å². The Bertz CT molecular complexity index is 964. The van der Waals surface area contributed by atoms with Crippen molar-refractivity contribution in [2.45, 2.75) is 13.8 Å². The van der Waals surface area contributed by atoms with Gasteiger partial charge in [0.15, 0.2) is 0 Å². The van der Waals surface area contributed by atoms with Crippen LogP contribution in [-0.2, 0) is 0 Å². The van der Waals surface area contributed by atoms with Crippen LogP contribution in [0.15, 0.2) is 75.6 Å². The molecule has 3 heteroatoms. The molecule has 0 spiro atoms. The summed E-state index contributed by atoms with van der Waals surface area (Å²) in [5.74, 6) is 3.24. The molecule has 2 N–H and O–H groups in total. The Morgan fingerprint density at radius 3 is 1.60 bits per heavy atom. The number of anilines is 1. The van der Waals surface area contributed by atoms with E-state index in [1.807, 2.05) is 56.3 Å². The fraction of sp³-hybridized carbons (Fsp3) is 0.0909. The van der Waals surface area contributed by atoms with Crippen molar-refractivity contribution in [1.82, 2.24) is 0 Å². The molecule has 0 unspecified atom stereocenters. The van der Waals surface area contributed by atoms with E-state index in [0.717, 1.165) is 45.3 Å². The molecule has 25 heavy (non-hydrogen) atoms. The molecular weight excluding hydrogens is 310 g/mol. The van der Waals surface area contributed by atoms with Crippen molar-refractivity contribution in [2.24, 2.45) is 0 Å². The molecule has 0 radical (unpaired) electrons. The van der Waals surface area contributed by atoms with Crippen LogP contribution in [0.4, 0.5) is 5.69 Å². The Kier molecular flexibility index (Phi) is 3.69. The second-order valence-electron chi connectivity index (χ2n) is 6.17. The quantitative estimate of drug-likeness (QED) is 0.464. The van der Waals surface area contributed by atoms with E-state index < -0.39 is 0 Å². The van der Waals surface area contributed by atoms with E-state index in [9.17, 15) is 0 Å². The normalized spacial score (nSPS) is 11.0.